The van der Waals surface area contributed by atoms with Crippen molar-refractivity contribution in [2.75, 3.05) is 11.9 Å². The monoisotopic (exact) mass is 310 g/mol. The Balaban J connectivity index is 0.00000147. The first kappa shape index (κ1) is 15.0. The van der Waals surface area contributed by atoms with Gasteiger partial charge in [0, 0.05) is 13.1 Å². The van der Waals surface area contributed by atoms with Crippen LogP contribution >= 0.6 is 24.0 Å². The predicted molar refractivity (Wildman–Crippen MR) is 83.5 cm³/mol. The van der Waals surface area contributed by atoms with Crippen molar-refractivity contribution in [1.29, 1.82) is 0 Å². The van der Waals surface area contributed by atoms with E-state index >= 15 is 0 Å². The SMILES string of the molecule is Cl.Clc1ccc(NCc2cccc3c2CCNC3)nn1. The number of nitrogens with one attached hydrogen (secondary N) is 2. The van der Waals surface area contributed by atoms with Gasteiger partial charge in [0.25, 0.3) is 0 Å². The lowest BCUT2D eigenvalue weighted by Crippen LogP contribution is -2.25. The molecular weight excluding hydrogens is 295 g/mol. The molecule has 0 spiro atoms. The number of benzene rings is 1. The van der Waals surface area contributed by atoms with E-state index in [9.17, 15) is 0 Å². The zero-order valence-corrected chi connectivity index (χ0v) is 12.5. The number of fused-ring (bicyclic) bond motifs is 1. The Morgan fingerprint density at radius 1 is 1.20 bits per heavy atom. The molecule has 0 saturated heterocycles. The van der Waals surface area contributed by atoms with E-state index in [4.69, 9.17) is 11.6 Å². The van der Waals surface area contributed by atoms with Crippen LogP contribution in [0.3, 0.4) is 0 Å². The van der Waals surface area contributed by atoms with Crippen LogP contribution in [0.1, 0.15) is 16.7 Å². The van der Waals surface area contributed by atoms with Gasteiger partial charge in [0.05, 0.1) is 0 Å². The van der Waals surface area contributed by atoms with Gasteiger partial charge in [-0.15, -0.1) is 22.6 Å². The molecule has 3 rings (SSSR count). The van der Waals surface area contributed by atoms with E-state index in [0.717, 1.165) is 31.9 Å². The molecule has 0 unspecified atom stereocenters. The minimum absolute atomic E-state index is 0. The summed E-state index contributed by atoms with van der Waals surface area (Å²) in [5.74, 6) is 0.746. The molecule has 2 aromatic rings. The molecule has 4 nitrogen and oxygen atoms in total. The first-order valence-corrected chi connectivity index (χ1v) is 6.74. The lowest BCUT2D eigenvalue weighted by atomic mass is 9.95. The second kappa shape index (κ2) is 6.88. The van der Waals surface area contributed by atoms with Crippen LogP contribution in [0.5, 0.6) is 0 Å². The summed E-state index contributed by atoms with van der Waals surface area (Å²) in [6.45, 7) is 2.77. The molecule has 0 saturated carbocycles. The summed E-state index contributed by atoms with van der Waals surface area (Å²) in [6.07, 6.45) is 1.08. The number of hydrogen-bond donors (Lipinski definition) is 2. The zero-order chi connectivity index (χ0) is 13.1. The maximum absolute atomic E-state index is 5.72. The van der Waals surface area contributed by atoms with E-state index in [2.05, 4.69) is 39.0 Å². The van der Waals surface area contributed by atoms with Crippen molar-refractivity contribution >= 4 is 29.8 Å². The Kier molecular flexibility index (Phi) is 5.17. The molecule has 2 heterocycles. The summed E-state index contributed by atoms with van der Waals surface area (Å²) in [4.78, 5) is 0. The van der Waals surface area contributed by atoms with Gasteiger partial charge in [-0.3, -0.25) is 0 Å². The maximum atomic E-state index is 5.72. The van der Waals surface area contributed by atoms with Crippen LogP contribution in [0.15, 0.2) is 30.3 Å². The van der Waals surface area contributed by atoms with Crippen molar-refractivity contribution in [3.8, 4) is 0 Å². The molecule has 1 aliphatic heterocycles. The van der Waals surface area contributed by atoms with Gasteiger partial charge < -0.3 is 10.6 Å². The summed E-state index contributed by atoms with van der Waals surface area (Å²) >= 11 is 5.72. The minimum atomic E-state index is 0. The number of nitrogens with zero attached hydrogens (tertiary/aromatic N) is 2. The van der Waals surface area contributed by atoms with Gasteiger partial charge in [-0.25, -0.2) is 0 Å². The molecule has 0 aliphatic carbocycles. The third-order valence-electron chi connectivity index (χ3n) is 3.33. The van der Waals surface area contributed by atoms with Crippen LogP contribution in [-0.4, -0.2) is 16.7 Å². The number of rotatable bonds is 3. The first-order valence-electron chi connectivity index (χ1n) is 6.36. The third kappa shape index (κ3) is 3.39. The van der Waals surface area contributed by atoms with Crippen molar-refractivity contribution in [1.82, 2.24) is 15.5 Å². The van der Waals surface area contributed by atoms with Gasteiger partial charge in [0.1, 0.15) is 5.82 Å². The summed E-state index contributed by atoms with van der Waals surface area (Å²) in [5.41, 5.74) is 4.18. The van der Waals surface area contributed by atoms with Crippen LogP contribution in [0.2, 0.25) is 5.15 Å². The fourth-order valence-corrected chi connectivity index (χ4v) is 2.47. The van der Waals surface area contributed by atoms with Gasteiger partial charge in [-0.2, -0.15) is 0 Å². The zero-order valence-electron chi connectivity index (χ0n) is 10.9. The molecule has 0 atom stereocenters. The Labute approximate surface area is 129 Å². The van der Waals surface area contributed by atoms with Crippen LogP contribution in [0, 0.1) is 0 Å². The molecule has 0 fully saturated rings. The summed E-state index contributed by atoms with van der Waals surface area (Å²) in [7, 11) is 0. The maximum Gasteiger partial charge on any atom is 0.151 e. The van der Waals surface area contributed by atoms with E-state index in [1.165, 1.54) is 16.7 Å². The summed E-state index contributed by atoms with van der Waals surface area (Å²) in [6, 6.07) is 10.0. The van der Waals surface area contributed by atoms with Crippen LogP contribution in [-0.2, 0) is 19.5 Å². The Bertz CT molecular complexity index is 572. The van der Waals surface area contributed by atoms with Crippen molar-refractivity contribution in [3.63, 3.8) is 0 Å². The smallest absolute Gasteiger partial charge is 0.151 e. The van der Waals surface area contributed by atoms with Crippen molar-refractivity contribution in [2.24, 2.45) is 0 Å². The molecule has 0 bridgehead atoms. The number of aromatic nitrogens is 2. The highest BCUT2D eigenvalue weighted by Crippen LogP contribution is 2.19. The fourth-order valence-electron chi connectivity index (χ4n) is 2.37. The fraction of sp³-hybridized carbons (Fsp3) is 0.286. The quantitative estimate of drug-likeness (QED) is 0.915. The van der Waals surface area contributed by atoms with Crippen LogP contribution in [0.25, 0.3) is 0 Å². The van der Waals surface area contributed by atoms with Gasteiger partial charge in [0.15, 0.2) is 5.15 Å². The van der Waals surface area contributed by atoms with Crippen LogP contribution in [0.4, 0.5) is 5.82 Å². The molecule has 20 heavy (non-hydrogen) atoms. The Morgan fingerprint density at radius 3 is 2.90 bits per heavy atom. The summed E-state index contributed by atoms with van der Waals surface area (Å²) in [5, 5.41) is 14.9. The van der Waals surface area contributed by atoms with Gasteiger partial charge in [-0.1, -0.05) is 29.8 Å². The van der Waals surface area contributed by atoms with E-state index in [-0.39, 0.29) is 12.4 Å². The molecule has 6 heteroatoms. The van der Waals surface area contributed by atoms with E-state index in [1.54, 1.807) is 6.07 Å². The molecule has 2 N–H and O–H groups in total. The third-order valence-corrected chi connectivity index (χ3v) is 3.53. The number of hydrogen-bond acceptors (Lipinski definition) is 4. The molecule has 1 aliphatic rings. The van der Waals surface area contributed by atoms with E-state index < -0.39 is 0 Å². The molecule has 0 radical (unpaired) electrons. The number of anilines is 1. The van der Waals surface area contributed by atoms with Gasteiger partial charge >= 0.3 is 0 Å². The predicted octanol–water partition coefficient (Wildman–Crippen LogP) is 2.81. The highest BCUT2D eigenvalue weighted by atomic mass is 35.5. The van der Waals surface area contributed by atoms with Crippen molar-refractivity contribution < 1.29 is 0 Å². The van der Waals surface area contributed by atoms with Gasteiger partial charge in [0.2, 0.25) is 0 Å². The van der Waals surface area contributed by atoms with Gasteiger partial charge in [-0.05, 0) is 41.8 Å². The van der Waals surface area contributed by atoms with Crippen molar-refractivity contribution in [3.05, 3.63) is 52.2 Å². The second-order valence-corrected chi connectivity index (χ2v) is 4.96. The van der Waals surface area contributed by atoms with Crippen LogP contribution < -0.4 is 10.6 Å². The lowest BCUT2D eigenvalue weighted by Gasteiger charge is -2.20. The highest BCUT2D eigenvalue weighted by molar-refractivity contribution is 6.29. The lowest BCUT2D eigenvalue weighted by molar-refractivity contribution is 0.639. The average molecular weight is 311 g/mol. The topological polar surface area (TPSA) is 49.8 Å². The normalized spacial score (nSPS) is 13.2. The second-order valence-electron chi connectivity index (χ2n) is 4.58. The molecule has 1 aromatic heterocycles. The average Bonchev–Trinajstić information content (AvgIpc) is 2.47. The molecular formula is C14H16Cl2N4. The Hall–Kier alpha value is -1.36. The number of halogens is 2. The van der Waals surface area contributed by atoms with Crippen molar-refractivity contribution in [2.45, 2.75) is 19.5 Å². The molecule has 106 valence electrons. The minimum Gasteiger partial charge on any atom is -0.364 e. The Morgan fingerprint density at radius 2 is 2.10 bits per heavy atom. The highest BCUT2D eigenvalue weighted by Gasteiger charge is 2.12. The van der Waals surface area contributed by atoms with E-state index in [0.29, 0.717) is 5.15 Å². The summed E-state index contributed by atoms with van der Waals surface area (Å²) < 4.78 is 0. The molecule has 0 amide bonds. The largest absolute Gasteiger partial charge is 0.364 e. The molecule has 1 aromatic carbocycles. The standard InChI is InChI=1S/C14H15ClN4.ClH/c15-13-4-5-14(19-18-13)17-9-11-3-1-2-10-8-16-7-6-12(10)11;/h1-5,16H,6-9H2,(H,17,19);1H. The van der Waals surface area contributed by atoms with E-state index in [1.807, 2.05) is 6.07 Å². The first-order chi connectivity index (χ1) is 9.33.